The molecule has 0 aliphatic carbocycles. The molecule has 1 atom stereocenters. The van der Waals surface area contributed by atoms with E-state index in [1.165, 1.54) is 23.8 Å². The zero-order valence-electron chi connectivity index (χ0n) is 20.4. The lowest BCUT2D eigenvalue weighted by molar-refractivity contribution is -0.127. The summed E-state index contributed by atoms with van der Waals surface area (Å²) in [5.74, 6) is -0.872. The van der Waals surface area contributed by atoms with Crippen molar-refractivity contribution in [1.29, 1.82) is 0 Å². The number of fused-ring (bicyclic) bond motifs is 1. The molecule has 0 saturated carbocycles. The van der Waals surface area contributed by atoms with Crippen molar-refractivity contribution in [3.05, 3.63) is 94.8 Å². The maximum atomic E-state index is 13.6. The smallest absolute Gasteiger partial charge is 0.251 e. The van der Waals surface area contributed by atoms with Gasteiger partial charge in [-0.05, 0) is 47.9 Å². The number of guanidine groups is 1. The predicted octanol–water partition coefficient (Wildman–Crippen LogP) is 4.87. The third-order valence-corrected chi connectivity index (χ3v) is 6.85. The van der Waals surface area contributed by atoms with Gasteiger partial charge in [0, 0.05) is 17.9 Å². The van der Waals surface area contributed by atoms with Crippen molar-refractivity contribution in [2.24, 2.45) is 4.99 Å². The number of amides is 2. The van der Waals surface area contributed by atoms with Crippen LogP contribution in [0, 0.1) is 5.82 Å². The first-order valence-corrected chi connectivity index (χ1v) is 12.6. The van der Waals surface area contributed by atoms with E-state index >= 15 is 0 Å². The monoisotopic (exact) mass is 519 g/mol. The number of aliphatic imine (C=N–C) groups is 1. The van der Waals surface area contributed by atoms with Crippen molar-refractivity contribution >= 4 is 40.7 Å². The van der Waals surface area contributed by atoms with E-state index in [0.29, 0.717) is 31.5 Å². The molecule has 9 heteroatoms. The topological polar surface area (TPSA) is 68.2 Å². The normalized spacial score (nSPS) is 17.9. The van der Waals surface area contributed by atoms with Crippen LogP contribution in [0.15, 0.2) is 77.8 Å². The Balaban J connectivity index is 1.46. The van der Waals surface area contributed by atoms with Crippen molar-refractivity contribution in [3.8, 4) is 0 Å². The molecule has 1 fully saturated rings. The highest BCUT2D eigenvalue weighted by Crippen LogP contribution is 2.28. The predicted molar refractivity (Wildman–Crippen MR) is 143 cm³/mol. The summed E-state index contributed by atoms with van der Waals surface area (Å²) in [7, 11) is 0. The molecule has 0 radical (unpaired) electrons. The molecule has 2 aliphatic heterocycles. The van der Waals surface area contributed by atoms with E-state index in [1.807, 2.05) is 40.1 Å². The minimum absolute atomic E-state index is 0.0634. The second-order valence-electron chi connectivity index (χ2n) is 9.16. The average molecular weight is 520 g/mol. The van der Waals surface area contributed by atoms with Gasteiger partial charge in [-0.3, -0.25) is 19.4 Å². The summed E-state index contributed by atoms with van der Waals surface area (Å²) >= 11 is 5.90. The van der Waals surface area contributed by atoms with Gasteiger partial charge in [-0.2, -0.15) is 4.99 Å². The number of nitrogens with one attached hydrogen (secondary N) is 1. The molecule has 0 aromatic heterocycles. The zero-order chi connectivity index (χ0) is 25.9. The van der Waals surface area contributed by atoms with Gasteiger partial charge in [0.05, 0.1) is 24.8 Å². The number of hydrogen-bond donors (Lipinski definition) is 1. The highest BCUT2D eigenvalue weighted by atomic mass is 35.5. The summed E-state index contributed by atoms with van der Waals surface area (Å²) in [5.41, 5.74) is 3.59. The van der Waals surface area contributed by atoms with Gasteiger partial charge in [0.15, 0.2) is 0 Å². The summed E-state index contributed by atoms with van der Waals surface area (Å²) in [4.78, 5) is 36.5. The summed E-state index contributed by atoms with van der Waals surface area (Å²) in [5, 5.41) is 2.70. The summed E-state index contributed by atoms with van der Waals surface area (Å²) < 4.78 is 13.6. The number of carbonyl (C=O) groups excluding carboxylic acids is 2. The van der Waals surface area contributed by atoms with E-state index in [1.54, 1.807) is 0 Å². The van der Waals surface area contributed by atoms with Gasteiger partial charge in [-0.25, -0.2) is 4.39 Å². The van der Waals surface area contributed by atoms with Crippen LogP contribution in [0.1, 0.15) is 24.5 Å². The van der Waals surface area contributed by atoms with E-state index in [9.17, 15) is 14.0 Å². The first-order valence-electron chi connectivity index (χ1n) is 12.2. The van der Waals surface area contributed by atoms with Crippen molar-refractivity contribution in [3.63, 3.8) is 0 Å². The van der Waals surface area contributed by atoms with Gasteiger partial charge in [0.2, 0.25) is 11.9 Å². The van der Waals surface area contributed by atoms with Crippen LogP contribution in [-0.2, 0) is 22.6 Å². The number of aryl methyl sites for hydroxylation is 1. The van der Waals surface area contributed by atoms with E-state index in [0.717, 1.165) is 17.7 Å². The fraction of sp³-hybridized carbons (Fsp3) is 0.250. The van der Waals surface area contributed by atoms with Crippen LogP contribution in [0.25, 0.3) is 0 Å². The van der Waals surface area contributed by atoms with Crippen LogP contribution in [0.4, 0.5) is 15.8 Å². The van der Waals surface area contributed by atoms with Gasteiger partial charge in [0.1, 0.15) is 11.9 Å². The number of carbonyl (C=O) groups is 2. The van der Waals surface area contributed by atoms with Crippen LogP contribution in [0.2, 0.25) is 5.02 Å². The van der Waals surface area contributed by atoms with Crippen LogP contribution >= 0.6 is 11.6 Å². The summed E-state index contributed by atoms with van der Waals surface area (Å²) in [6, 6.07) is 21.4. The lowest BCUT2D eigenvalue weighted by Gasteiger charge is -2.48. The van der Waals surface area contributed by atoms with E-state index in [-0.39, 0.29) is 23.3 Å². The Bertz CT molecular complexity index is 1330. The molecule has 190 valence electrons. The second kappa shape index (κ2) is 10.7. The second-order valence-corrected chi connectivity index (χ2v) is 9.57. The number of hydrogen-bond acceptors (Lipinski definition) is 5. The Morgan fingerprint density at radius 2 is 1.81 bits per heavy atom. The third kappa shape index (κ3) is 5.50. The molecule has 0 spiro atoms. The van der Waals surface area contributed by atoms with Crippen LogP contribution < -0.4 is 10.2 Å². The van der Waals surface area contributed by atoms with Crippen molar-refractivity contribution < 1.29 is 14.0 Å². The SMILES string of the molecule is CCc1ccc(N2CN(Cc3ccccc3)CN3C2=NC(=O)C[C@@H]3C(=O)Nc2ccc(F)c(Cl)c2)cc1. The minimum atomic E-state index is -0.792. The molecule has 1 N–H and O–H groups in total. The quantitative estimate of drug-likeness (QED) is 0.503. The molecule has 0 bridgehead atoms. The van der Waals surface area contributed by atoms with E-state index in [4.69, 9.17) is 11.6 Å². The molecule has 0 unspecified atom stereocenters. The highest BCUT2D eigenvalue weighted by Gasteiger charge is 2.41. The largest absolute Gasteiger partial charge is 0.324 e. The fourth-order valence-electron chi connectivity index (χ4n) is 4.62. The highest BCUT2D eigenvalue weighted by molar-refractivity contribution is 6.31. The van der Waals surface area contributed by atoms with Gasteiger partial charge in [-0.1, -0.05) is 61.0 Å². The zero-order valence-corrected chi connectivity index (χ0v) is 21.2. The van der Waals surface area contributed by atoms with Crippen molar-refractivity contribution in [2.75, 3.05) is 23.6 Å². The Morgan fingerprint density at radius 3 is 2.51 bits per heavy atom. The number of halogens is 2. The number of benzene rings is 3. The first-order chi connectivity index (χ1) is 17.9. The van der Waals surface area contributed by atoms with Crippen LogP contribution in [-0.4, -0.2) is 47.0 Å². The third-order valence-electron chi connectivity index (χ3n) is 6.56. The molecule has 3 aromatic carbocycles. The van der Waals surface area contributed by atoms with E-state index in [2.05, 4.69) is 46.4 Å². The molecular formula is C28H27ClFN5O2. The Kier molecular flexibility index (Phi) is 7.21. The van der Waals surface area contributed by atoms with Crippen LogP contribution in [0.5, 0.6) is 0 Å². The maximum absolute atomic E-state index is 13.6. The molecule has 37 heavy (non-hydrogen) atoms. The molecule has 3 aromatic rings. The first kappa shape index (κ1) is 24.9. The van der Waals surface area contributed by atoms with Crippen molar-refractivity contribution in [1.82, 2.24) is 9.80 Å². The number of nitrogens with zero attached hydrogens (tertiary/aromatic N) is 4. The maximum Gasteiger partial charge on any atom is 0.251 e. The summed E-state index contributed by atoms with van der Waals surface area (Å²) in [6.45, 7) is 3.67. The molecular weight excluding hydrogens is 493 g/mol. The Hall–Kier alpha value is -3.75. The molecule has 5 rings (SSSR count). The van der Waals surface area contributed by atoms with Gasteiger partial charge < -0.3 is 10.2 Å². The summed E-state index contributed by atoms with van der Waals surface area (Å²) in [6.07, 6.45) is 0.855. The van der Waals surface area contributed by atoms with Gasteiger partial charge >= 0.3 is 0 Å². The Morgan fingerprint density at radius 1 is 1.05 bits per heavy atom. The van der Waals surface area contributed by atoms with Gasteiger partial charge in [0.25, 0.3) is 5.91 Å². The number of rotatable bonds is 6. The average Bonchev–Trinajstić information content (AvgIpc) is 2.91. The molecule has 2 heterocycles. The van der Waals surface area contributed by atoms with Crippen LogP contribution in [0.3, 0.4) is 0 Å². The van der Waals surface area contributed by atoms with Gasteiger partial charge in [-0.15, -0.1) is 0 Å². The van der Waals surface area contributed by atoms with Crippen molar-refractivity contribution in [2.45, 2.75) is 32.4 Å². The molecule has 1 saturated heterocycles. The molecule has 7 nitrogen and oxygen atoms in total. The Labute approximate surface area is 220 Å². The minimum Gasteiger partial charge on any atom is -0.324 e. The molecule has 2 aliphatic rings. The van der Waals surface area contributed by atoms with E-state index < -0.39 is 11.9 Å². The standard InChI is InChI=1S/C28H27ClFN5O2/c1-2-19-8-11-22(12-9-19)34-17-33(16-20-6-4-3-5-7-20)18-35-25(15-26(36)32-28(34)35)27(37)31-21-10-13-24(30)23(29)14-21/h3-14,25H,2,15-18H2,1H3,(H,31,37)/t25-/m1/s1. The lowest BCUT2D eigenvalue weighted by atomic mass is 10.1. The molecule has 2 amide bonds. The fourth-order valence-corrected chi connectivity index (χ4v) is 4.80. The number of anilines is 2. The lowest BCUT2D eigenvalue weighted by Crippen LogP contribution is -2.65.